The van der Waals surface area contributed by atoms with E-state index in [1.165, 1.54) is 132 Å². The van der Waals surface area contributed by atoms with E-state index in [-0.39, 0.29) is 0 Å². The van der Waals surface area contributed by atoms with E-state index in [0.29, 0.717) is 0 Å². The molecule has 0 bridgehead atoms. The maximum absolute atomic E-state index is 3.43. The molecule has 212 valence electrons. The Hall–Kier alpha value is -2.26. The molecule has 2 aromatic carbocycles. The highest BCUT2D eigenvalue weighted by Gasteiger charge is 2.12. The third kappa shape index (κ3) is 9.40. The Morgan fingerprint density at radius 3 is 1.25 bits per heavy atom. The minimum atomic E-state index is 1.02. The van der Waals surface area contributed by atoms with Crippen LogP contribution in [0, 0.1) is 23.7 Å². The molecule has 0 fully saturated rings. The molecule has 0 unspecified atom stereocenters. The predicted octanol–water partition coefficient (Wildman–Crippen LogP) is 13.0. The second kappa shape index (κ2) is 17.5. The zero-order chi connectivity index (χ0) is 27.8. The number of fused-ring (bicyclic) bond motifs is 5. The van der Waals surface area contributed by atoms with E-state index in [0.717, 1.165) is 24.0 Å². The van der Waals surface area contributed by atoms with Crippen LogP contribution in [0.1, 0.15) is 141 Å². The number of hydrogen-bond acceptors (Lipinski definition) is 2. The van der Waals surface area contributed by atoms with Crippen molar-refractivity contribution in [3.05, 3.63) is 47.5 Å². The van der Waals surface area contributed by atoms with E-state index in [4.69, 9.17) is 0 Å². The van der Waals surface area contributed by atoms with Gasteiger partial charge in [0.25, 0.3) is 0 Å². The van der Waals surface area contributed by atoms with Crippen molar-refractivity contribution in [3.63, 3.8) is 0 Å². The fraction of sp³-hybridized carbons (Fsp3) is 0.526. The van der Waals surface area contributed by atoms with Gasteiger partial charge >= 0.3 is 0 Å². The van der Waals surface area contributed by atoms with Crippen molar-refractivity contribution in [2.75, 3.05) is 0 Å². The molecule has 2 heterocycles. The van der Waals surface area contributed by atoms with Gasteiger partial charge in [0.1, 0.15) is 0 Å². The molecule has 2 aromatic heterocycles. The van der Waals surface area contributed by atoms with E-state index in [2.05, 4.69) is 73.9 Å². The summed E-state index contributed by atoms with van der Waals surface area (Å²) in [5.41, 5.74) is 2.30. The van der Waals surface area contributed by atoms with Gasteiger partial charge in [-0.15, -0.1) is 22.7 Å². The van der Waals surface area contributed by atoms with Gasteiger partial charge in [-0.2, -0.15) is 0 Å². The first-order chi connectivity index (χ1) is 19.8. The van der Waals surface area contributed by atoms with Crippen molar-refractivity contribution in [2.45, 2.75) is 129 Å². The molecule has 0 N–H and O–H groups in total. The molecule has 0 aliphatic heterocycles. The maximum Gasteiger partial charge on any atom is 0.0542 e. The molecule has 0 saturated carbocycles. The molecule has 0 amide bonds. The van der Waals surface area contributed by atoms with Crippen molar-refractivity contribution < 1.29 is 0 Å². The van der Waals surface area contributed by atoms with Crippen LogP contribution in [-0.2, 0) is 0 Å². The van der Waals surface area contributed by atoms with Crippen LogP contribution >= 0.6 is 22.7 Å². The lowest BCUT2D eigenvalue weighted by Crippen LogP contribution is -1.80. The minimum absolute atomic E-state index is 1.02. The van der Waals surface area contributed by atoms with E-state index in [9.17, 15) is 0 Å². The zero-order valence-corrected chi connectivity index (χ0v) is 26.6. The molecule has 40 heavy (non-hydrogen) atoms. The number of unbranched alkanes of at least 4 members (excludes halogenated alkanes) is 16. The van der Waals surface area contributed by atoms with E-state index < -0.39 is 0 Å². The summed E-state index contributed by atoms with van der Waals surface area (Å²) in [6, 6.07) is 13.6. The number of benzene rings is 2. The third-order valence-corrected chi connectivity index (χ3v) is 10.4. The fourth-order valence-electron chi connectivity index (χ4n) is 5.44. The molecule has 2 heteroatoms. The second-order valence-electron chi connectivity index (χ2n) is 11.3. The summed E-state index contributed by atoms with van der Waals surface area (Å²) in [5, 5.41) is 2.74. The van der Waals surface area contributed by atoms with Gasteiger partial charge in [0.2, 0.25) is 0 Å². The van der Waals surface area contributed by atoms with Crippen molar-refractivity contribution in [3.8, 4) is 23.7 Å². The maximum atomic E-state index is 3.43. The van der Waals surface area contributed by atoms with Crippen molar-refractivity contribution in [2.24, 2.45) is 0 Å². The van der Waals surface area contributed by atoms with Gasteiger partial charge in [-0.05, 0) is 37.1 Å². The van der Waals surface area contributed by atoms with Crippen LogP contribution < -0.4 is 0 Å². The first-order valence-corrected chi connectivity index (χ1v) is 17.8. The molecule has 0 spiro atoms. The molecule has 0 aliphatic carbocycles. The van der Waals surface area contributed by atoms with Crippen molar-refractivity contribution >= 4 is 52.2 Å². The fourth-order valence-corrected chi connectivity index (χ4v) is 8.17. The molecular weight excluding hydrogens is 521 g/mol. The first-order valence-electron chi connectivity index (χ1n) is 16.2. The molecule has 0 radical (unpaired) electrons. The molecule has 0 saturated heterocycles. The predicted molar refractivity (Wildman–Crippen MR) is 183 cm³/mol. The normalized spacial score (nSPS) is 11.2. The summed E-state index contributed by atoms with van der Waals surface area (Å²) in [7, 11) is 0. The standard InChI is InChI=1S/C38H48S2/c1-3-5-7-9-11-13-15-17-19-21-23-31-25-27-33-35(29-31)39-38-34-28-26-32(30-36(34)40-37(33)38)24-22-20-18-16-14-12-10-8-6-4-2/h25-30H,3-20H2,1-2H3. The van der Waals surface area contributed by atoms with Gasteiger partial charge in [0.05, 0.1) is 9.40 Å². The highest BCUT2D eigenvalue weighted by atomic mass is 32.1. The van der Waals surface area contributed by atoms with Gasteiger partial charge in [0, 0.05) is 44.1 Å². The summed E-state index contributed by atoms with van der Waals surface area (Å²) >= 11 is 3.84. The zero-order valence-electron chi connectivity index (χ0n) is 25.0. The SMILES string of the molecule is CCCCCCCCCCC#Cc1ccc2c(c1)sc1c3ccc(C#CCCCCCCCCCC)cc3sc21. The third-order valence-electron chi connectivity index (χ3n) is 7.86. The minimum Gasteiger partial charge on any atom is -0.134 e. The van der Waals surface area contributed by atoms with Crippen LogP contribution in [0.15, 0.2) is 36.4 Å². The summed E-state index contributed by atoms with van der Waals surface area (Å²) in [6.45, 7) is 4.56. The lowest BCUT2D eigenvalue weighted by molar-refractivity contribution is 0.579. The average Bonchev–Trinajstić information content (AvgIpc) is 3.50. The molecular formula is C38H48S2. The lowest BCUT2D eigenvalue weighted by Gasteiger charge is -1.99. The Morgan fingerprint density at radius 2 is 0.850 bits per heavy atom. The molecule has 4 aromatic rings. The van der Waals surface area contributed by atoms with E-state index in [1.807, 2.05) is 22.7 Å². The summed E-state index contributed by atoms with van der Waals surface area (Å²) in [6.07, 6.45) is 23.7. The number of hydrogen-bond donors (Lipinski definition) is 0. The van der Waals surface area contributed by atoms with E-state index >= 15 is 0 Å². The molecule has 0 nitrogen and oxygen atoms in total. The highest BCUT2D eigenvalue weighted by Crippen LogP contribution is 2.44. The Morgan fingerprint density at radius 1 is 0.475 bits per heavy atom. The molecule has 4 rings (SSSR count). The Bertz CT molecular complexity index is 1330. The topological polar surface area (TPSA) is 0 Å². The largest absolute Gasteiger partial charge is 0.134 e. The lowest BCUT2D eigenvalue weighted by atomic mass is 10.1. The summed E-state index contributed by atoms with van der Waals surface area (Å²) < 4.78 is 5.54. The highest BCUT2D eigenvalue weighted by molar-refractivity contribution is 7.36. The Kier molecular flexibility index (Phi) is 13.5. The average molecular weight is 569 g/mol. The number of rotatable bonds is 16. The van der Waals surface area contributed by atoms with Crippen molar-refractivity contribution in [1.29, 1.82) is 0 Å². The van der Waals surface area contributed by atoms with Crippen LogP contribution in [0.5, 0.6) is 0 Å². The van der Waals surface area contributed by atoms with Gasteiger partial charge in [-0.3, -0.25) is 0 Å². The van der Waals surface area contributed by atoms with Gasteiger partial charge in [-0.25, -0.2) is 0 Å². The quantitative estimate of drug-likeness (QED) is 0.0931. The van der Waals surface area contributed by atoms with Gasteiger partial charge < -0.3 is 0 Å². The smallest absolute Gasteiger partial charge is 0.0542 e. The van der Waals surface area contributed by atoms with E-state index in [1.54, 1.807) is 0 Å². The summed E-state index contributed by atoms with van der Waals surface area (Å²) in [4.78, 5) is 0. The van der Waals surface area contributed by atoms with Crippen LogP contribution in [0.2, 0.25) is 0 Å². The number of thiophene rings is 2. The Balaban J connectivity index is 1.27. The summed E-state index contributed by atoms with van der Waals surface area (Å²) in [5.74, 6) is 13.7. The van der Waals surface area contributed by atoms with Crippen LogP contribution in [0.3, 0.4) is 0 Å². The van der Waals surface area contributed by atoms with Crippen molar-refractivity contribution in [1.82, 2.24) is 0 Å². The van der Waals surface area contributed by atoms with Gasteiger partial charge in [-0.1, -0.05) is 140 Å². The van der Waals surface area contributed by atoms with Crippen LogP contribution in [0.4, 0.5) is 0 Å². The molecule has 0 aliphatic rings. The first kappa shape index (κ1) is 30.7. The Labute approximate surface area is 252 Å². The van der Waals surface area contributed by atoms with Crippen LogP contribution in [-0.4, -0.2) is 0 Å². The second-order valence-corrected chi connectivity index (χ2v) is 13.4. The molecule has 0 atom stereocenters. The van der Waals surface area contributed by atoms with Crippen LogP contribution in [0.25, 0.3) is 29.6 Å². The monoisotopic (exact) mass is 568 g/mol. The van der Waals surface area contributed by atoms with Gasteiger partial charge in [0.15, 0.2) is 0 Å².